The highest BCUT2D eigenvalue weighted by Gasteiger charge is 2.19. The number of aromatic nitrogens is 2. The summed E-state index contributed by atoms with van der Waals surface area (Å²) in [5, 5.41) is 8.30. The predicted molar refractivity (Wildman–Crippen MR) is 101 cm³/mol. The minimum atomic E-state index is 0.286. The molecule has 0 bridgehead atoms. The molecule has 0 spiro atoms. The quantitative estimate of drug-likeness (QED) is 0.839. The van der Waals surface area contributed by atoms with Crippen molar-refractivity contribution in [1.29, 1.82) is 0 Å². The van der Waals surface area contributed by atoms with Crippen LogP contribution in [0.25, 0.3) is 0 Å². The Morgan fingerprint density at radius 1 is 1.24 bits per heavy atom. The molecule has 0 aliphatic carbocycles. The van der Waals surface area contributed by atoms with Crippen LogP contribution in [-0.4, -0.2) is 53.6 Å². The smallest absolute Gasteiger partial charge is 0.0826 e. The van der Waals surface area contributed by atoms with Gasteiger partial charge in [0.05, 0.1) is 24.9 Å². The molecule has 0 unspecified atom stereocenters. The van der Waals surface area contributed by atoms with Crippen LogP contribution >= 0.6 is 0 Å². The second kappa shape index (κ2) is 8.61. The van der Waals surface area contributed by atoms with Crippen molar-refractivity contribution in [2.75, 3.05) is 32.8 Å². The number of morpholine rings is 1. The third-order valence-electron chi connectivity index (χ3n) is 5.05. The molecule has 25 heavy (non-hydrogen) atoms. The SMILES string of the molecule is CCN1CCO[C@@H](CNCc2c(C)nn(Cc3ccccc3)c2C)C1. The minimum Gasteiger partial charge on any atom is -0.374 e. The lowest BCUT2D eigenvalue weighted by molar-refractivity contribution is -0.0253. The number of aryl methyl sites for hydroxylation is 1. The van der Waals surface area contributed by atoms with E-state index in [9.17, 15) is 0 Å². The van der Waals surface area contributed by atoms with E-state index < -0.39 is 0 Å². The second-order valence-corrected chi connectivity index (χ2v) is 6.81. The number of hydrogen-bond acceptors (Lipinski definition) is 4. The first-order valence-electron chi connectivity index (χ1n) is 9.29. The van der Waals surface area contributed by atoms with Crippen LogP contribution < -0.4 is 5.32 Å². The van der Waals surface area contributed by atoms with E-state index in [2.05, 4.69) is 59.9 Å². The molecular weight excluding hydrogens is 312 g/mol. The number of benzene rings is 1. The topological polar surface area (TPSA) is 42.3 Å². The summed E-state index contributed by atoms with van der Waals surface area (Å²) >= 11 is 0. The van der Waals surface area contributed by atoms with E-state index in [0.29, 0.717) is 0 Å². The first kappa shape index (κ1) is 18.1. The van der Waals surface area contributed by atoms with Crippen LogP contribution in [0.3, 0.4) is 0 Å². The van der Waals surface area contributed by atoms with Gasteiger partial charge in [-0.3, -0.25) is 9.58 Å². The average Bonchev–Trinajstić information content (AvgIpc) is 2.90. The first-order valence-corrected chi connectivity index (χ1v) is 9.29. The highest BCUT2D eigenvalue weighted by Crippen LogP contribution is 2.15. The van der Waals surface area contributed by atoms with Gasteiger partial charge in [-0.05, 0) is 26.0 Å². The molecule has 1 saturated heterocycles. The van der Waals surface area contributed by atoms with Crippen molar-refractivity contribution in [1.82, 2.24) is 20.0 Å². The van der Waals surface area contributed by atoms with Crippen LogP contribution in [0.1, 0.15) is 29.4 Å². The summed E-state index contributed by atoms with van der Waals surface area (Å²) in [6.45, 7) is 13.0. The third-order valence-corrected chi connectivity index (χ3v) is 5.05. The van der Waals surface area contributed by atoms with Crippen molar-refractivity contribution in [3.8, 4) is 0 Å². The van der Waals surface area contributed by atoms with Gasteiger partial charge in [0, 0.05) is 37.4 Å². The zero-order valence-electron chi connectivity index (χ0n) is 15.7. The Balaban J connectivity index is 1.56. The van der Waals surface area contributed by atoms with Crippen LogP contribution in [0, 0.1) is 13.8 Å². The minimum absolute atomic E-state index is 0.286. The fraction of sp³-hybridized carbons (Fsp3) is 0.550. The summed E-state index contributed by atoms with van der Waals surface area (Å²) < 4.78 is 7.98. The highest BCUT2D eigenvalue weighted by molar-refractivity contribution is 5.26. The van der Waals surface area contributed by atoms with E-state index >= 15 is 0 Å². The number of nitrogens with one attached hydrogen (secondary N) is 1. The maximum Gasteiger partial charge on any atom is 0.0826 e. The Hall–Kier alpha value is -1.69. The number of likely N-dealkylation sites (N-methyl/N-ethyl adjacent to an activating group) is 1. The van der Waals surface area contributed by atoms with Gasteiger partial charge in [-0.2, -0.15) is 5.10 Å². The Kier molecular flexibility index (Phi) is 6.24. The van der Waals surface area contributed by atoms with E-state index in [0.717, 1.165) is 51.6 Å². The van der Waals surface area contributed by atoms with Crippen LogP contribution in [-0.2, 0) is 17.8 Å². The molecule has 2 aromatic rings. The molecule has 1 aromatic carbocycles. The zero-order chi connectivity index (χ0) is 17.6. The molecule has 5 heteroatoms. The van der Waals surface area contributed by atoms with Gasteiger partial charge in [-0.15, -0.1) is 0 Å². The Bertz CT molecular complexity index is 668. The Morgan fingerprint density at radius 2 is 2.04 bits per heavy atom. The molecule has 1 N–H and O–H groups in total. The van der Waals surface area contributed by atoms with Gasteiger partial charge in [-0.1, -0.05) is 37.3 Å². The molecule has 1 aromatic heterocycles. The molecule has 3 rings (SSSR count). The fourth-order valence-corrected chi connectivity index (χ4v) is 3.45. The van der Waals surface area contributed by atoms with Crippen LogP contribution in [0.15, 0.2) is 30.3 Å². The fourth-order valence-electron chi connectivity index (χ4n) is 3.45. The molecule has 1 fully saturated rings. The molecule has 0 saturated carbocycles. The third kappa shape index (κ3) is 4.69. The maximum atomic E-state index is 5.87. The first-order chi connectivity index (χ1) is 12.2. The lowest BCUT2D eigenvalue weighted by Crippen LogP contribution is -2.46. The summed E-state index contributed by atoms with van der Waals surface area (Å²) in [4.78, 5) is 2.45. The van der Waals surface area contributed by atoms with Crippen LogP contribution in [0.4, 0.5) is 0 Å². The molecule has 0 amide bonds. The molecular formula is C20H30N4O. The molecule has 1 atom stereocenters. The van der Waals surface area contributed by atoms with Crippen LogP contribution in [0.5, 0.6) is 0 Å². The summed E-state index contributed by atoms with van der Waals surface area (Å²) in [5.41, 5.74) is 4.94. The lowest BCUT2D eigenvalue weighted by atomic mass is 10.2. The van der Waals surface area contributed by atoms with E-state index in [1.165, 1.54) is 16.8 Å². The van der Waals surface area contributed by atoms with E-state index in [1.54, 1.807) is 0 Å². The summed E-state index contributed by atoms with van der Waals surface area (Å²) in [6.07, 6.45) is 0.286. The Morgan fingerprint density at radius 3 is 2.80 bits per heavy atom. The predicted octanol–water partition coefficient (Wildman–Crippen LogP) is 2.36. The van der Waals surface area contributed by atoms with E-state index in [4.69, 9.17) is 9.84 Å². The zero-order valence-corrected chi connectivity index (χ0v) is 15.7. The Labute approximate surface area is 151 Å². The molecule has 2 heterocycles. The number of ether oxygens (including phenoxy) is 1. The van der Waals surface area contributed by atoms with Crippen molar-refractivity contribution in [2.24, 2.45) is 0 Å². The molecule has 0 radical (unpaired) electrons. The van der Waals surface area contributed by atoms with Crippen molar-refractivity contribution in [3.63, 3.8) is 0 Å². The molecule has 1 aliphatic rings. The molecule has 5 nitrogen and oxygen atoms in total. The standard InChI is InChI=1S/C20H30N4O/c1-4-23-10-11-25-19(15-23)12-21-13-20-16(2)22-24(17(20)3)14-18-8-6-5-7-9-18/h5-9,19,21H,4,10-15H2,1-3H3/t19-/m0/s1. The van der Waals surface area contributed by atoms with Crippen molar-refractivity contribution >= 4 is 0 Å². The second-order valence-electron chi connectivity index (χ2n) is 6.81. The van der Waals surface area contributed by atoms with Gasteiger partial charge in [0.25, 0.3) is 0 Å². The summed E-state index contributed by atoms with van der Waals surface area (Å²) in [5.74, 6) is 0. The normalized spacial score (nSPS) is 18.6. The van der Waals surface area contributed by atoms with Gasteiger partial charge in [0.15, 0.2) is 0 Å². The van der Waals surface area contributed by atoms with E-state index in [-0.39, 0.29) is 6.10 Å². The van der Waals surface area contributed by atoms with Crippen molar-refractivity contribution < 1.29 is 4.74 Å². The summed E-state index contributed by atoms with van der Waals surface area (Å²) in [7, 11) is 0. The number of hydrogen-bond donors (Lipinski definition) is 1. The van der Waals surface area contributed by atoms with Gasteiger partial charge in [0.1, 0.15) is 0 Å². The number of rotatable bonds is 7. The van der Waals surface area contributed by atoms with Crippen LogP contribution in [0.2, 0.25) is 0 Å². The molecule has 136 valence electrons. The van der Waals surface area contributed by atoms with Gasteiger partial charge in [0.2, 0.25) is 0 Å². The average molecular weight is 342 g/mol. The van der Waals surface area contributed by atoms with Crippen molar-refractivity contribution in [2.45, 2.75) is 40.0 Å². The highest BCUT2D eigenvalue weighted by atomic mass is 16.5. The van der Waals surface area contributed by atoms with Gasteiger partial charge in [-0.25, -0.2) is 0 Å². The molecule has 1 aliphatic heterocycles. The monoisotopic (exact) mass is 342 g/mol. The number of nitrogens with zero attached hydrogens (tertiary/aromatic N) is 3. The van der Waals surface area contributed by atoms with Gasteiger partial charge >= 0.3 is 0 Å². The van der Waals surface area contributed by atoms with E-state index in [1.807, 2.05) is 6.07 Å². The van der Waals surface area contributed by atoms with Gasteiger partial charge < -0.3 is 10.1 Å². The van der Waals surface area contributed by atoms with Crippen molar-refractivity contribution in [3.05, 3.63) is 52.8 Å². The lowest BCUT2D eigenvalue weighted by Gasteiger charge is -2.32. The largest absolute Gasteiger partial charge is 0.374 e. The summed E-state index contributed by atoms with van der Waals surface area (Å²) in [6, 6.07) is 10.5. The maximum absolute atomic E-state index is 5.87.